The van der Waals surface area contributed by atoms with Gasteiger partial charge in [-0.3, -0.25) is 0 Å². The molecule has 3 heterocycles. The molecule has 2 unspecified atom stereocenters. The number of hydrogen-bond acceptors (Lipinski definition) is 4. The van der Waals surface area contributed by atoms with Gasteiger partial charge < -0.3 is 9.88 Å². The normalized spacial score (nSPS) is 27.6. The third-order valence-electron chi connectivity index (χ3n) is 4.92. The second-order valence-corrected chi connectivity index (χ2v) is 6.13. The minimum atomic E-state index is 0.523. The molecule has 0 spiro atoms. The first-order valence-corrected chi connectivity index (χ1v) is 7.24. The summed E-state index contributed by atoms with van der Waals surface area (Å²) in [4.78, 5) is 14.1. The molecule has 2 fully saturated rings. The highest BCUT2D eigenvalue weighted by Gasteiger charge is 2.59. The number of aromatic amines is 1. The van der Waals surface area contributed by atoms with Crippen LogP contribution in [0.25, 0.3) is 11.0 Å². The molecule has 2 aromatic rings. The zero-order valence-electron chi connectivity index (χ0n) is 11.6. The standard InChI is InChI=1S/C15H17N5/c1-2-3-15-4-11(15)7-20(8-15)14-12-10(5-16)6-17-13(12)18-9-19-14/h6,9,11H,2-4,7-8H2,1H3,(H,17,18,19). The fourth-order valence-corrected chi connectivity index (χ4v) is 3.91. The Morgan fingerprint density at radius 3 is 3.25 bits per heavy atom. The molecule has 2 atom stereocenters. The van der Waals surface area contributed by atoms with Gasteiger partial charge >= 0.3 is 0 Å². The lowest BCUT2D eigenvalue weighted by molar-refractivity contribution is 0.475. The Labute approximate surface area is 117 Å². The van der Waals surface area contributed by atoms with E-state index in [0.29, 0.717) is 11.0 Å². The molecular formula is C15H17N5. The maximum absolute atomic E-state index is 9.24. The summed E-state index contributed by atoms with van der Waals surface area (Å²) in [6.45, 7) is 4.41. The van der Waals surface area contributed by atoms with E-state index in [1.165, 1.54) is 19.3 Å². The predicted molar refractivity (Wildman–Crippen MR) is 76.3 cm³/mol. The van der Waals surface area contributed by atoms with E-state index in [2.05, 4.69) is 32.8 Å². The Hall–Kier alpha value is -2.09. The average molecular weight is 267 g/mol. The third kappa shape index (κ3) is 1.48. The van der Waals surface area contributed by atoms with Crippen LogP contribution in [0.4, 0.5) is 5.82 Å². The molecule has 0 aromatic carbocycles. The van der Waals surface area contributed by atoms with E-state index in [-0.39, 0.29) is 0 Å². The third-order valence-corrected chi connectivity index (χ3v) is 4.92. The van der Waals surface area contributed by atoms with E-state index < -0.39 is 0 Å². The van der Waals surface area contributed by atoms with Gasteiger partial charge in [0.1, 0.15) is 23.9 Å². The molecular weight excluding hydrogens is 250 g/mol. The Morgan fingerprint density at radius 1 is 1.55 bits per heavy atom. The molecule has 1 saturated carbocycles. The van der Waals surface area contributed by atoms with E-state index >= 15 is 0 Å². The number of piperidine rings is 1. The monoisotopic (exact) mass is 267 g/mol. The lowest BCUT2D eigenvalue weighted by Crippen LogP contribution is -2.25. The Balaban J connectivity index is 1.74. The summed E-state index contributed by atoms with van der Waals surface area (Å²) in [6.07, 6.45) is 7.23. The van der Waals surface area contributed by atoms with Gasteiger partial charge in [-0.15, -0.1) is 0 Å². The van der Waals surface area contributed by atoms with E-state index in [1.54, 1.807) is 12.5 Å². The van der Waals surface area contributed by atoms with E-state index in [4.69, 9.17) is 0 Å². The van der Waals surface area contributed by atoms with Crippen molar-refractivity contribution < 1.29 is 0 Å². The van der Waals surface area contributed by atoms with Gasteiger partial charge in [0.2, 0.25) is 0 Å². The van der Waals surface area contributed by atoms with Crippen LogP contribution in [-0.2, 0) is 0 Å². The molecule has 1 N–H and O–H groups in total. The number of nitrogens with zero attached hydrogens (tertiary/aromatic N) is 4. The van der Waals surface area contributed by atoms with Crippen molar-refractivity contribution in [2.24, 2.45) is 11.3 Å². The summed E-state index contributed by atoms with van der Waals surface area (Å²) in [5, 5.41) is 10.1. The SMILES string of the molecule is CCCC12CC1CN(c1ncnc3[nH]cc(C#N)c13)C2. The minimum absolute atomic E-state index is 0.523. The van der Waals surface area contributed by atoms with Gasteiger partial charge in [0, 0.05) is 19.3 Å². The van der Waals surface area contributed by atoms with Crippen LogP contribution in [0.1, 0.15) is 31.7 Å². The number of H-pyrrole nitrogens is 1. The topological polar surface area (TPSA) is 68.6 Å². The van der Waals surface area contributed by atoms with Crippen LogP contribution in [0.5, 0.6) is 0 Å². The first-order chi connectivity index (χ1) is 9.77. The van der Waals surface area contributed by atoms with E-state index in [1.807, 2.05) is 0 Å². The van der Waals surface area contributed by atoms with Crippen LogP contribution in [0, 0.1) is 22.7 Å². The summed E-state index contributed by atoms with van der Waals surface area (Å²) in [7, 11) is 0. The van der Waals surface area contributed by atoms with Gasteiger partial charge in [0.25, 0.3) is 0 Å². The van der Waals surface area contributed by atoms with Crippen LogP contribution < -0.4 is 4.90 Å². The summed E-state index contributed by atoms with van der Waals surface area (Å²) >= 11 is 0. The summed E-state index contributed by atoms with van der Waals surface area (Å²) in [5.74, 6) is 1.74. The second-order valence-electron chi connectivity index (χ2n) is 6.13. The predicted octanol–water partition coefficient (Wildman–Crippen LogP) is 2.46. The maximum Gasteiger partial charge on any atom is 0.144 e. The summed E-state index contributed by atoms with van der Waals surface area (Å²) in [5.41, 5.74) is 1.92. The van der Waals surface area contributed by atoms with Crippen molar-refractivity contribution in [1.29, 1.82) is 5.26 Å². The molecule has 1 saturated heterocycles. The zero-order valence-corrected chi connectivity index (χ0v) is 11.6. The number of rotatable bonds is 3. The zero-order chi connectivity index (χ0) is 13.7. The molecule has 102 valence electrons. The average Bonchev–Trinajstić information content (AvgIpc) is 2.86. The maximum atomic E-state index is 9.24. The van der Waals surface area contributed by atoms with Gasteiger partial charge in [-0.2, -0.15) is 5.26 Å². The Bertz CT molecular complexity index is 713. The number of hydrogen-bond donors (Lipinski definition) is 1. The van der Waals surface area contributed by atoms with Crippen LogP contribution in [0.3, 0.4) is 0 Å². The summed E-state index contributed by atoms with van der Waals surface area (Å²) in [6, 6.07) is 2.23. The number of nitriles is 1. The Morgan fingerprint density at radius 2 is 2.45 bits per heavy atom. The van der Waals surface area contributed by atoms with E-state index in [0.717, 1.165) is 35.9 Å². The van der Waals surface area contributed by atoms with Crippen molar-refractivity contribution in [2.45, 2.75) is 26.2 Å². The van der Waals surface area contributed by atoms with Crippen LogP contribution in [0.15, 0.2) is 12.5 Å². The largest absolute Gasteiger partial charge is 0.355 e. The van der Waals surface area contributed by atoms with Crippen molar-refractivity contribution in [3.63, 3.8) is 0 Å². The van der Waals surface area contributed by atoms with Crippen molar-refractivity contribution in [1.82, 2.24) is 15.0 Å². The first-order valence-electron chi connectivity index (χ1n) is 7.24. The van der Waals surface area contributed by atoms with E-state index in [9.17, 15) is 5.26 Å². The molecule has 2 aromatic heterocycles. The highest BCUT2D eigenvalue weighted by molar-refractivity contribution is 5.93. The van der Waals surface area contributed by atoms with Gasteiger partial charge in [-0.1, -0.05) is 13.3 Å². The number of aromatic nitrogens is 3. The molecule has 5 heteroatoms. The smallest absolute Gasteiger partial charge is 0.144 e. The molecule has 0 bridgehead atoms. The molecule has 0 amide bonds. The molecule has 4 rings (SSSR count). The van der Waals surface area contributed by atoms with Gasteiger partial charge in [-0.25, -0.2) is 9.97 Å². The van der Waals surface area contributed by atoms with Crippen LogP contribution >= 0.6 is 0 Å². The molecule has 5 nitrogen and oxygen atoms in total. The molecule has 2 aliphatic rings. The highest BCUT2D eigenvalue weighted by atomic mass is 15.2. The van der Waals surface area contributed by atoms with Gasteiger partial charge in [0.15, 0.2) is 0 Å². The molecule has 1 aliphatic heterocycles. The highest BCUT2D eigenvalue weighted by Crippen LogP contribution is 2.61. The number of anilines is 1. The fourth-order valence-electron chi connectivity index (χ4n) is 3.91. The molecule has 20 heavy (non-hydrogen) atoms. The lowest BCUT2D eigenvalue weighted by Gasteiger charge is -2.22. The second kappa shape index (κ2) is 3.95. The molecule has 1 aliphatic carbocycles. The van der Waals surface area contributed by atoms with Gasteiger partial charge in [0.05, 0.1) is 10.9 Å². The lowest BCUT2D eigenvalue weighted by atomic mass is 10.00. The first kappa shape index (κ1) is 11.7. The fraction of sp³-hybridized carbons (Fsp3) is 0.533. The summed E-state index contributed by atoms with van der Waals surface area (Å²) < 4.78 is 0. The minimum Gasteiger partial charge on any atom is -0.355 e. The van der Waals surface area contributed by atoms with Crippen LogP contribution in [0.2, 0.25) is 0 Å². The van der Waals surface area contributed by atoms with Crippen molar-refractivity contribution >= 4 is 16.9 Å². The van der Waals surface area contributed by atoms with Crippen molar-refractivity contribution in [2.75, 3.05) is 18.0 Å². The molecule has 0 radical (unpaired) electrons. The van der Waals surface area contributed by atoms with Gasteiger partial charge in [-0.05, 0) is 24.2 Å². The van der Waals surface area contributed by atoms with Crippen molar-refractivity contribution in [3.05, 3.63) is 18.1 Å². The Kier molecular flexibility index (Phi) is 2.31. The van der Waals surface area contributed by atoms with Crippen molar-refractivity contribution in [3.8, 4) is 6.07 Å². The van der Waals surface area contributed by atoms with Crippen LogP contribution in [-0.4, -0.2) is 28.0 Å². The number of nitrogens with one attached hydrogen (secondary N) is 1. The quantitative estimate of drug-likeness (QED) is 0.927. The number of fused-ring (bicyclic) bond motifs is 2.